The van der Waals surface area contributed by atoms with E-state index in [0.717, 1.165) is 0 Å². The topological polar surface area (TPSA) is 9.23 Å². The average Bonchev–Trinajstić information content (AvgIpc) is 2.12. The molecule has 20 heavy (non-hydrogen) atoms. The predicted octanol–water partition coefficient (Wildman–Crippen LogP) is 4.68. The third-order valence-corrected chi connectivity index (χ3v) is 2.15. The molecule has 1 nitrogen and oxygen atoms in total. The zero-order valence-electron chi connectivity index (χ0n) is 9.64. The highest BCUT2D eigenvalue weighted by molar-refractivity contribution is 5.01. The first-order valence-corrected chi connectivity index (χ1v) is 4.68. The molecule has 0 aromatic carbocycles. The van der Waals surface area contributed by atoms with Crippen LogP contribution in [0.2, 0.25) is 0 Å². The second kappa shape index (κ2) is 4.88. The second-order valence-corrected chi connectivity index (χ2v) is 3.99. The molecule has 0 aromatic heterocycles. The smallest absolute Gasteiger partial charge is 0.221 e. The third-order valence-electron chi connectivity index (χ3n) is 2.15. The summed E-state index contributed by atoms with van der Waals surface area (Å²) >= 11 is 0. The summed E-state index contributed by atoms with van der Waals surface area (Å²) in [7, 11) is 0. The number of hydrogen-bond acceptors (Lipinski definition) is 1. The minimum atomic E-state index is -7.09. The standard InChI is InChI=1S/C8H7F11O/c1-3(2)4(9,10)5(11,12)6(13,14)7(15,16)20-8(17,18)19/h3H,1-2H3. The van der Waals surface area contributed by atoms with Gasteiger partial charge in [0.15, 0.2) is 0 Å². The van der Waals surface area contributed by atoms with E-state index in [0.29, 0.717) is 13.8 Å². The van der Waals surface area contributed by atoms with Gasteiger partial charge in [-0.25, -0.2) is 4.74 Å². The maximum Gasteiger partial charge on any atom is 0.527 e. The van der Waals surface area contributed by atoms with Crippen molar-refractivity contribution in [3.05, 3.63) is 0 Å². The van der Waals surface area contributed by atoms with E-state index < -0.39 is 36.2 Å². The monoisotopic (exact) mass is 328 g/mol. The van der Waals surface area contributed by atoms with E-state index in [-0.39, 0.29) is 0 Å². The molecular formula is C8H7F11O. The fourth-order valence-corrected chi connectivity index (χ4v) is 0.964. The SMILES string of the molecule is CC(C)C(F)(F)C(F)(F)C(F)(F)C(F)(F)OC(F)(F)F. The van der Waals surface area contributed by atoms with Crippen molar-refractivity contribution in [3.8, 4) is 0 Å². The third kappa shape index (κ3) is 3.09. The normalized spacial score (nSPS) is 15.9. The lowest BCUT2D eigenvalue weighted by molar-refractivity contribution is -0.497. The van der Waals surface area contributed by atoms with Crippen LogP contribution in [0.25, 0.3) is 0 Å². The Kier molecular flexibility index (Phi) is 4.68. The van der Waals surface area contributed by atoms with E-state index in [1.54, 1.807) is 4.74 Å². The Labute approximate surface area is 104 Å². The maximum atomic E-state index is 12.9. The van der Waals surface area contributed by atoms with Crippen LogP contribution in [0.1, 0.15) is 13.8 Å². The van der Waals surface area contributed by atoms with E-state index in [9.17, 15) is 48.3 Å². The lowest BCUT2D eigenvalue weighted by Gasteiger charge is -2.37. The molecule has 0 bridgehead atoms. The lowest BCUT2D eigenvalue weighted by atomic mass is 9.94. The lowest BCUT2D eigenvalue weighted by Crippen LogP contribution is -2.65. The number of rotatable bonds is 5. The van der Waals surface area contributed by atoms with Crippen molar-refractivity contribution in [2.24, 2.45) is 5.92 Å². The number of halogens is 11. The Morgan fingerprint density at radius 1 is 0.650 bits per heavy atom. The summed E-state index contributed by atoms with van der Waals surface area (Å²) in [6.45, 7) is 0.597. The van der Waals surface area contributed by atoms with Crippen molar-refractivity contribution in [3.63, 3.8) is 0 Å². The van der Waals surface area contributed by atoms with Gasteiger partial charge in [-0.05, 0) is 0 Å². The molecule has 0 aliphatic heterocycles. The molecule has 0 N–H and O–H groups in total. The largest absolute Gasteiger partial charge is 0.527 e. The summed E-state index contributed by atoms with van der Waals surface area (Å²) in [6.07, 6.45) is -13.3. The molecule has 0 aliphatic rings. The summed E-state index contributed by atoms with van der Waals surface area (Å²) < 4.78 is 138. The zero-order valence-corrected chi connectivity index (χ0v) is 9.64. The fraction of sp³-hybridized carbons (Fsp3) is 1.00. The molecule has 0 spiro atoms. The highest BCUT2D eigenvalue weighted by Crippen LogP contribution is 2.55. The molecule has 0 unspecified atom stereocenters. The van der Waals surface area contributed by atoms with Crippen molar-refractivity contribution in [1.82, 2.24) is 0 Å². The van der Waals surface area contributed by atoms with Gasteiger partial charge >= 0.3 is 30.2 Å². The molecule has 0 fully saturated rings. The van der Waals surface area contributed by atoms with E-state index >= 15 is 0 Å². The first kappa shape index (κ1) is 19.2. The van der Waals surface area contributed by atoms with Gasteiger partial charge < -0.3 is 0 Å². The van der Waals surface area contributed by atoms with Crippen molar-refractivity contribution < 1.29 is 53.0 Å². The summed E-state index contributed by atoms with van der Waals surface area (Å²) in [5, 5.41) is 0. The van der Waals surface area contributed by atoms with Crippen LogP contribution in [0.4, 0.5) is 48.3 Å². The van der Waals surface area contributed by atoms with Crippen LogP contribution in [0.15, 0.2) is 0 Å². The van der Waals surface area contributed by atoms with Gasteiger partial charge in [0.25, 0.3) is 0 Å². The molecule has 0 radical (unpaired) electrons. The molecule has 122 valence electrons. The quantitative estimate of drug-likeness (QED) is 0.666. The summed E-state index contributed by atoms with van der Waals surface area (Å²) in [5.41, 5.74) is 0. The van der Waals surface area contributed by atoms with Crippen LogP contribution >= 0.6 is 0 Å². The van der Waals surface area contributed by atoms with Crippen LogP contribution in [-0.4, -0.2) is 30.2 Å². The maximum absolute atomic E-state index is 12.9. The Morgan fingerprint density at radius 3 is 1.25 bits per heavy atom. The number of hydrogen-bond donors (Lipinski definition) is 0. The van der Waals surface area contributed by atoms with E-state index in [1.807, 2.05) is 0 Å². The van der Waals surface area contributed by atoms with Crippen molar-refractivity contribution in [2.45, 2.75) is 44.1 Å². The molecule has 0 amide bonds. The molecule has 0 saturated carbocycles. The Hall–Kier alpha value is -0.810. The van der Waals surface area contributed by atoms with Crippen LogP contribution in [0.3, 0.4) is 0 Å². The predicted molar refractivity (Wildman–Crippen MR) is 41.8 cm³/mol. The van der Waals surface area contributed by atoms with Gasteiger partial charge in [0.05, 0.1) is 0 Å². The second-order valence-electron chi connectivity index (χ2n) is 3.99. The molecule has 12 heteroatoms. The van der Waals surface area contributed by atoms with E-state index in [2.05, 4.69) is 0 Å². The highest BCUT2D eigenvalue weighted by Gasteiger charge is 2.83. The fourth-order valence-electron chi connectivity index (χ4n) is 0.964. The van der Waals surface area contributed by atoms with Crippen LogP contribution in [-0.2, 0) is 4.74 Å². The van der Waals surface area contributed by atoms with Gasteiger partial charge in [-0.2, -0.15) is 35.1 Å². The van der Waals surface area contributed by atoms with Gasteiger partial charge in [-0.3, -0.25) is 0 Å². The molecular weight excluding hydrogens is 321 g/mol. The van der Waals surface area contributed by atoms with E-state index in [1.165, 1.54) is 0 Å². The van der Waals surface area contributed by atoms with Gasteiger partial charge in [0.1, 0.15) is 0 Å². The minimum Gasteiger partial charge on any atom is -0.221 e. The van der Waals surface area contributed by atoms with Gasteiger partial charge in [-0.1, -0.05) is 13.8 Å². The number of alkyl halides is 11. The Morgan fingerprint density at radius 2 is 1.00 bits per heavy atom. The molecule has 0 atom stereocenters. The molecule has 0 heterocycles. The van der Waals surface area contributed by atoms with Gasteiger partial charge in [-0.15, -0.1) is 13.2 Å². The first-order valence-electron chi connectivity index (χ1n) is 4.68. The minimum absolute atomic E-state index is 0.298. The first-order chi connectivity index (χ1) is 8.40. The van der Waals surface area contributed by atoms with Gasteiger partial charge in [0.2, 0.25) is 0 Å². The van der Waals surface area contributed by atoms with Crippen LogP contribution < -0.4 is 0 Å². The van der Waals surface area contributed by atoms with Gasteiger partial charge in [0, 0.05) is 5.92 Å². The van der Waals surface area contributed by atoms with Crippen molar-refractivity contribution >= 4 is 0 Å². The van der Waals surface area contributed by atoms with Crippen LogP contribution in [0.5, 0.6) is 0 Å². The molecule has 0 aromatic rings. The van der Waals surface area contributed by atoms with Crippen molar-refractivity contribution in [1.29, 1.82) is 0 Å². The van der Waals surface area contributed by atoms with Crippen molar-refractivity contribution in [2.75, 3.05) is 0 Å². The summed E-state index contributed by atoms with van der Waals surface area (Å²) in [4.78, 5) is 0. The number of ether oxygens (including phenoxy) is 1. The molecule has 0 saturated heterocycles. The van der Waals surface area contributed by atoms with Crippen LogP contribution in [0, 0.1) is 5.92 Å². The zero-order chi connectivity index (χ0) is 16.8. The summed E-state index contributed by atoms with van der Waals surface area (Å²) in [5.74, 6) is -22.1. The Balaban J connectivity index is 5.72. The Bertz CT molecular complexity index is 343. The molecule has 0 rings (SSSR count). The highest BCUT2D eigenvalue weighted by atomic mass is 19.4. The molecule has 0 aliphatic carbocycles. The van der Waals surface area contributed by atoms with E-state index in [4.69, 9.17) is 0 Å². The average molecular weight is 328 g/mol. The summed E-state index contributed by atoms with van der Waals surface area (Å²) in [6, 6.07) is 0.